The number of carbonyl (C=O) groups is 1. The van der Waals surface area contributed by atoms with Gasteiger partial charge in [-0.3, -0.25) is 4.79 Å². The van der Waals surface area contributed by atoms with E-state index in [1.165, 1.54) is 11.3 Å². The fraction of sp³-hybridized carbons (Fsp3) is 0.375. The summed E-state index contributed by atoms with van der Waals surface area (Å²) in [5, 5.41) is 3.53. The number of amides is 1. The molecule has 1 aromatic heterocycles. The van der Waals surface area contributed by atoms with Crippen LogP contribution in [0.3, 0.4) is 0 Å². The molecule has 1 heterocycles. The largest absolute Gasteiger partial charge is 0.323 e. The third-order valence-electron chi connectivity index (χ3n) is 3.59. The van der Waals surface area contributed by atoms with E-state index in [1.807, 2.05) is 44.2 Å². The molecule has 2 unspecified atom stereocenters. The Balaban J connectivity index is 2.05. The van der Waals surface area contributed by atoms with Crippen molar-refractivity contribution in [2.45, 2.75) is 33.2 Å². The van der Waals surface area contributed by atoms with Crippen molar-refractivity contribution in [1.82, 2.24) is 4.98 Å². The molecule has 0 radical (unpaired) electrons. The van der Waals surface area contributed by atoms with Crippen molar-refractivity contribution in [2.24, 2.45) is 11.7 Å². The van der Waals surface area contributed by atoms with E-state index < -0.39 is 0 Å². The van der Waals surface area contributed by atoms with Crippen LogP contribution in [0.15, 0.2) is 30.3 Å². The van der Waals surface area contributed by atoms with Crippen LogP contribution < -0.4 is 11.1 Å². The van der Waals surface area contributed by atoms with Gasteiger partial charge in [-0.1, -0.05) is 44.2 Å². The minimum absolute atomic E-state index is 0.0947. The van der Waals surface area contributed by atoms with Gasteiger partial charge in [-0.2, -0.15) is 0 Å². The molecule has 2 aromatic rings. The summed E-state index contributed by atoms with van der Waals surface area (Å²) in [5.41, 5.74) is 8.18. The van der Waals surface area contributed by atoms with Gasteiger partial charge in [0.2, 0.25) is 5.91 Å². The molecular weight excluding hydrogens is 282 g/mol. The van der Waals surface area contributed by atoms with Crippen LogP contribution in [0.1, 0.15) is 36.0 Å². The molecule has 1 aromatic carbocycles. The summed E-state index contributed by atoms with van der Waals surface area (Å²) in [6, 6.07) is 9.35. The number of nitrogens with two attached hydrogens (primary N) is 1. The Morgan fingerprint density at radius 3 is 2.62 bits per heavy atom. The molecule has 3 N–H and O–H groups in total. The predicted molar refractivity (Wildman–Crippen MR) is 87.4 cm³/mol. The van der Waals surface area contributed by atoms with Crippen molar-refractivity contribution in [2.75, 3.05) is 5.32 Å². The molecule has 0 spiro atoms. The average Bonchev–Trinajstić information content (AvgIpc) is 2.86. The Morgan fingerprint density at radius 1 is 1.38 bits per heavy atom. The van der Waals surface area contributed by atoms with Crippen molar-refractivity contribution < 1.29 is 4.79 Å². The van der Waals surface area contributed by atoms with Crippen LogP contribution in [0.2, 0.25) is 0 Å². The monoisotopic (exact) mass is 303 g/mol. The van der Waals surface area contributed by atoms with Gasteiger partial charge >= 0.3 is 0 Å². The molecule has 0 fully saturated rings. The van der Waals surface area contributed by atoms with E-state index in [9.17, 15) is 4.79 Å². The second-order valence-electron chi connectivity index (χ2n) is 5.09. The fourth-order valence-electron chi connectivity index (χ4n) is 2.16. The lowest BCUT2D eigenvalue weighted by Crippen LogP contribution is -2.30. The number of rotatable bonds is 5. The van der Waals surface area contributed by atoms with E-state index in [-0.39, 0.29) is 17.9 Å². The van der Waals surface area contributed by atoms with Crippen LogP contribution in [-0.2, 0) is 11.2 Å². The van der Waals surface area contributed by atoms with Gasteiger partial charge in [0.25, 0.3) is 0 Å². The number of nitrogens with zero attached hydrogens (tertiary/aromatic N) is 1. The van der Waals surface area contributed by atoms with Gasteiger partial charge in [0, 0.05) is 10.9 Å². The third-order valence-corrected chi connectivity index (χ3v) is 4.52. The van der Waals surface area contributed by atoms with Crippen LogP contribution in [-0.4, -0.2) is 10.9 Å². The molecule has 0 saturated carbocycles. The molecule has 2 rings (SSSR count). The van der Waals surface area contributed by atoms with Gasteiger partial charge in [-0.25, -0.2) is 4.98 Å². The number of aromatic nitrogens is 1. The molecule has 112 valence electrons. The molecule has 1 amide bonds. The minimum atomic E-state index is -0.321. The van der Waals surface area contributed by atoms with Crippen LogP contribution in [0, 0.1) is 12.8 Å². The van der Waals surface area contributed by atoms with Crippen LogP contribution in [0.25, 0.3) is 0 Å². The lowest BCUT2D eigenvalue weighted by Gasteiger charge is -2.19. The Bertz CT molecular complexity index is 609. The molecule has 2 atom stereocenters. The first-order valence-corrected chi connectivity index (χ1v) is 7.92. The van der Waals surface area contributed by atoms with Crippen molar-refractivity contribution >= 4 is 22.4 Å². The number of hydrogen-bond donors (Lipinski definition) is 2. The van der Waals surface area contributed by atoms with E-state index in [4.69, 9.17) is 5.73 Å². The third kappa shape index (κ3) is 3.68. The van der Waals surface area contributed by atoms with Crippen molar-refractivity contribution in [3.8, 4) is 0 Å². The lowest BCUT2D eigenvalue weighted by molar-refractivity contribution is -0.120. The number of benzene rings is 1. The summed E-state index contributed by atoms with van der Waals surface area (Å²) in [6.45, 7) is 5.92. The lowest BCUT2D eigenvalue weighted by atomic mass is 9.95. The first kappa shape index (κ1) is 15.7. The highest BCUT2D eigenvalue weighted by Gasteiger charge is 2.23. The van der Waals surface area contributed by atoms with E-state index in [0.717, 1.165) is 22.6 Å². The highest BCUT2D eigenvalue weighted by molar-refractivity contribution is 7.15. The van der Waals surface area contributed by atoms with Crippen molar-refractivity contribution in [1.29, 1.82) is 0 Å². The van der Waals surface area contributed by atoms with Crippen LogP contribution >= 0.6 is 11.3 Å². The number of aryl methyl sites for hydroxylation is 2. The molecule has 5 heteroatoms. The first-order valence-electron chi connectivity index (χ1n) is 7.10. The molecule has 4 nitrogen and oxygen atoms in total. The Morgan fingerprint density at radius 2 is 2.05 bits per heavy atom. The van der Waals surface area contributed by atoms with E-state index in [2.05, 4.69) is 17.2 Å². The van der Waals surface area contributed by atoms with Crippen molar-refractivity contribution in [3.05, 3.63) is 46.5 Å². The smallest absolute Gasteiger partial charge is 0.230 e. The van der Waals surface area contributed by atoms with Gasteiger partial charge in [-0.15, -0.1) is 11.3 Å². The zero-order valence-corrected chi connectivity index (χ0v) is 13.4. The molecule has 0 aliphatic heterocycles. The number of hydrogen-bond acceptors (Lipinski definition) is 4. The minimum Gasteiger partial charge on any atom is -0.323 e. The zero-order chi connectivity index (χ0) is 15.4. The SMILES string of the molecule is CCc1nc(NC(=O)C(C)C(N)c2ccccc2)sc1C. The second kappa shape index (κ2) is 6.83. The second-order valence-corrected chi connectivity index (χ2v) is 6.29. The van der Waals surface area contributed by atoms with Gasteiger partial charge in [0.05, 0.1) is 11.6 Å². The highest BCUT2D eigenvalue weighted by Crippen LogP contribution is 2.25. The summed E-state index contributed by atoms with van der Waals surface area (Å²) in [4.78, 5) is 17.9. The van der Waals surface area contributed by atoms with E-state index >= 15 is 0 Å². The molecule has 0 saturated heterocycles. The van der Waals surface area contributed by atoms with E-state index in [1.54, 1.807) is 0 Å². The summed E-state index contributed by atoms with van der Waals surface area (Å²) < 4.78 is 0. The fourth-order valence-corrected chi connectivity index (χ4v) is 3.06. The molecule has 0 aliphatic carbocycles. The number of thiazole rings is 1. The number of anilines is 1. The quantitative estimate of drug-likeness (QED) is 0.890. The Hall–Kier alpha value is -1.72. The van der Waals surface area contributed by atoms with Gasteiger partial charge in [0.15, 0.2) is 5.13 Å². The summed E-state index contributed by atoms with van der Waals surface area (Å²) in [6.07, 6.45) is 0.872. The maximum absolute atomic E-state index is 12.3. The summed E-state index contributed by atoms with van der Waals surface area (Å²) in [7, 11) is 0. The Labute approximate surface area is 129 Å². The number of nitrogens with one attached hydrogen (secondary N) is 1. The van der Waals surface area contributed by atoms with Crippen molar-refractivity contribution in [3.63, 3.8) is 0 Å². The van der Waals surface area contributed by atoms with Gasteiger partial charge in [-0.05, 0) is 18.9 Å². The molecule has 21 heavy (non-hydrogen) atoms. The maximum atomic E-state index is 12.3. The molecule has 0 bridgehead atoms. The van der Waals surface area contributed by atoms with Crippen LogP contribution in [0.4, 0.5) is 5.13 Å². The van der Waals surface area contributed by atoms with Crippen LogP contribution in [0.5, 0.6) is 0 Å². The van der Waals surface area contributed by atoms with E-state index in [0.29, 0.717) is 5.13 Å². The topological polar surface area (TPSA) is 68.0 Å². The summed E-state index contributed by atoms with van der Waals surface area (Å²) in [5.74, 6) is -0.413. The zero-order valence-electron chi connectivity index (χ0n) is 12.6. The van der Waals surface area contributed by atoms with Gasteiger partial charge in [0.1, 0.15) is 0 Å². The standard InChI is InChI=1S/C16H21N3OS/c1-4-13-11(3)21-16(18-13)19-15(20)10(2)14(17)12-8-6-5-7-9-12/h5-10,14H,4,17H2,1-3H3,(H,18,19,20). The number of carbonyl (C=O) groups excluding carboxylic acids is 1. The van der Waals surface area contributed by atoms with Gasteiger partial charge < -0.3 is 11.1 Å². The maximum Gasteiger partial charge on any atom is 0.230 e. The predicted octanol–water partition coefficient (Wildman–Crippen LogP) is 3.29. The summed E-state index contributed by atoms with van der Waals surface area (Å²) >= 11 is 1.51. The Kier molecular flexibility index (Phi) is 5.09. The average molecular weight is 303 g/mol. The molecule has 0 aliphatic rings. The molecular formula is C16H21N3OS. The highest BCUT2D eigenvalue weighted by atomic mass is 32.1. The normalized spacial score (nSPS) is 13.7. The first-order chi connectivity index (χ1) is 10.0.